The maximum Gasteiger partial charge on any atom is 0.164 e. The first-order valence-electron chi connectivity index (χ1n) is 20.5. The number of fused-ring (bicyclic) bond motifs is 3. The summed E-state index contributed by atoms with van der Waals surface area (Å²) in [6, 6.07) is 78.2. The Morgan fingerprint density at radius 2 is 0.639 bits per heavy atom. The number of hydrogen-bond acceptors (Lipinski definition) is 4. The second-order valence-electron chi connectivity index (χ2n) is 15.2. The molecule has 2 heterocycles. The first-order valence-corrected chi connectivity index (χ1v) is 20.5. The van der Waals surface area contributed by atoms with Gasteiger partial charge in [0, 0.05) is 33.0 Å². The molecule has 4 nitrogen and oxygen atoms in total. The molecule has 61 heavy (non-hydrogen) atoms. The number of hydrogen-bond donors (Lipinski definition) is 0. The highest BCUT2D eigenvalue weighted by Crippen LogP contribution is 2.38. The van der Waals surface area contributed by atoms with Crippen LogP contribution in [0.4, 0.5) is 0 Å². The third-order valence-electron chi connectivity index (χ3n) is 11.3. The minimum absolute atomic E-state index is 0.610. The fraction of sp³-hybridized carbons (Fsp3) is 0. The number of para-hydroxylation sites is 2. The van der Waals surface area contributed by atoms with E-state index in [1.54, 1.807) is 0 Å². The van der Waals surface area contributed by atoms with Gasteiger partial charge in [-0.25, -0.2) is 15.0 Å². The van der Waals surface area contributed by atoms with Crippen LogP contribution in [0.2, 0.25) is 0 Å². The van der Waals surface area contributed by atoms with Crippen LogP contribution in [0.1, 0.15) is 0 Å². The van der Waals surface area contributed by atoms with Gasteiger partial charge in [0.2, 0.25) is 0 Å². The van der Waals surface area contributed by atoms with Crippen LogP contribution in [0.3, 0.4) is 0 Å². The second kappa shape index (κ2) is 15.5. The van der Waals surface area contributed by atoms with Crippen molar-refractivity contribution in [3.05, 3.63) is 224 Å². The molecule has 0 spiro atoms. The average molecular weight is 780 g/mol. The molecule has 0 saturated heterocycles. The molecule has 2 aromatic heterocycles. The molecule has 0 aliphatic heterocycles. The van der Waals surface area contributed by atoms with Crippen molar-refractivity contribution in [1.82, 2.24) is 15.0 Å². The quantitative estimate of drug-likeness (QED) is 0.154. The number of nitrogens with zero attached hydrogens (tertiary/aromatic N) is 3. The molecule has 0 unspecified atom stereocenters. The molecule has 0 radical (unpaired) electrons. The molecule has 4 heteroatoms. The SMILES string of the molecule is c1ccc(-c2cccc(-c3nc(-c4cccc(-c5cccc(-c6cccc(-c7cccc8c7oc7ccccc78)c6)c5)c4)nc(-c4ccccc4-c4ccccc4)n3)c2)cc1. The summed E-state index contributed by atoms with van der Waals surface area (Å²) < 4.78 is 6.41. The van der Waals surface area contributed by atoms with Gasteiger partial charge in [0.25, 0.3) is 0 Å². The van der Waals surface area contributed by atoms with Gasteiger partial charge in [0.1, 0.15) is 11.2 Å². The van der Waals surface area contributed by atoms with Gasteiger partial charge in [-0.05, 0) is 80.4 Å². The molecule has 11 aromatic rings. The highest BCUT2D eigenvalue weighted by Gasteiger charge is 2.17. The van der Waals surface area contributed by atoms with Crippen molar-refractivity contribution in [3.63, 3.8) is 0 Å². The first-order chi connectivity index (χ1) is 30.2. The van der Waals surface area contributed by atoms with Gasteiger partial charge >= 0.3 is 0 Å². The highest BCUT2D eigenvalue weighted by atomic mass is 16.3. The van der Waals surface area contributed by atoms with E-state index in [-0.39, 0.29) is 0 Å². The van der Waals surface area contributed by atoms with E-state index in [1.165, 1.54) is 0 Å². The molecule has 9 aromatic carbocycles. The Kier molecular flexibility index (Phi) is 9.14. The van der Waals surface area contributed by atoms with Crippen molar-refractivity contribution in [2.75, 3.05) is 0 Å². The maximum absolute atomic E-state index is 6.41. The summed E-state index contributed by atoms with van der Waals surface area (Å²) in [7, 11) is 0. The Labute approximate surface area is 354 Å². The summed E-state index contributed by atoms with van der Waals surface area (Å²) in [5.41, 5.74) is 15.6. The predicted octanol–water partition coefficient (Wildman–Crippen LogP) is 15.1. The van der Waals surface area contributed by atoms with E-state index in [0.29, 0.717) is 17.5 Å². The van der Waals surface area contributed by atoms with E-state index in [2.05, 4.69) is 194 Å². The Morgan fingerprint density at radius 1 is 0.246 bits per heavy atom. The largest absolute Gasteiger partial charge is 0.455 e. The van der Waals surface area contributed by atoms with Crippen molar-refractivity contribution in [3.8, 4) is 89.8 Å². The summed E-state index contributed by atoms with van der Waals surface area (Å²) in [5, 5.41) is 2.25. The Bertz CT molecular complexity index is 3370. The lowest BCUT2D eigenvalue weighted by Crippen LogP contribution is -2.01. The molecule has 0 fully saturated rings. The third-order valence-corrected chi connectivity index (χ3v) is 11.3. The van der Waals surface area contributed by atoms with Crippen LogP contribution >= 0.6 is 0 Å². The Hall–Kier alpha value is -8.21. The zero-order valence-corrected chi connectivity index (χ0v) is 33.1. The van der Waals surface area contributed by atoms with Gasteiger partial charge in [-0.2, -0.15) is 0 Å². The molecule has 0 bridgehead atoms. The minimum Gasteiger partial charge on any atom is -0.455 e. The van der Waals surface area contributed by atoms with E-state index in [9.17, 15) is 0 Å². The van der Waals surface area contributed by atoms with Crippen LogP contribution in [-0.2, 0) is 0 Å². The zero-order chi connectivity index (χ0) is 40.5. The normalized spacial score (nSPS) is 11.3. The standard InChI is InChI=1S/C57H37N3O/c1-3-16-38(17-4-1)40-20-13-26-46(36-40)55-58-56(60-57(59-55)52-30-8-7-28-48(52)39-18-5-2-6-19-39)47-27-14-24-44(37-47)42-22-11-21-41(34-42)43-23-12-25-45(35-43)49-31-15-32-51-50-29-9-10-33-53(50)61-54(49)51/h1-37H. The van der Waals surface area contributed by atoms with Gasteiger partial charge in [-0.15, -0.1) is 0 Å². The van der Waals surface area contributed by atoms with Crippen molar-refractivity contribution in [1.29, 1.82) is 0 Å². The van der Waals surface area contributed by atoms with Gasteiger partial charge in [-0.1, -0.05) is 194 Å². The first kappa shape index (κ1) is 35.9. The van der Waals surface area contributed by atoms with E-state index in [0.717, 1.165) is 94.3 Å². The van der Waals surface area contributed by atoms with E-state index >= 15 is 0 Å². The predicted molar refractivity (Wildman–Crippen MR) is 251 cm³/mol. The number of aromatic nitrogens is 3. The van der Waals surface area contributed by atoms with Crippen molar-refractivity contribution >= 4 is 21.9 Å². The summed E-state index contributed by atoms with van der Waals surface area (Å²) in [6.45, 7) is 0. The lowest BCUT2D eigenvalue weighted by Gasteiger charge is -2.13. The minimum atomic E-state index is 0.610. The van der Waals surface area contributed by atoms with Crippen molar-refractivity contribution in [2.24, 2.45) is 0 Å². The molecular weight excluding hydrogens is 743 g/mol. The lowest BCUT2D eigenvalue weighted by atomic mass is 9.95. The number of rotatable bonds is 8. The molecule has 0 amide bonds. The zero-order valence-electron chi connectivity index (χ0n) is 33.1. The highest BCUT2D eigenvalue weighted by molar-refractivity contribution is 6.09. The Balaban J connectivity index is 0.992. The molecule has 0 aliphatic carbocycles. The van der Waals surface area contributed by atoms with Gasteiger partial charge in [0.05, 0.1) is 0 Å². The van der Waals surface area contributed by atoms with Crippen LogP contribution in [0, 0.1) is 0 Å². The summed E-state index contributed by atoms with van der Waals surface area (Å²) in [5.74, 6) is 1.85. The fourth-order valence-corrected chi connectivity index (χ4v) is 8.33. The van der Waals surface area contributed by atoms with Crippen LogP contribution < -0.4 is 0 Å². The molecule has 0 N–H and O–H groups in total. The summed E-state index contributed by atoms with van der Waals surface area (Å²) >= 11 is 0. The fourth-order valence-electron chi connectivity index (χ4n) is 8.33. The summed E-state index contributed by atoms with van der Waals surface area (Å²) in [4.78, 5) is 15.6. The molecule has 286 valence electrons. The van der Waals surface area contributed by atoms with Crippen molar-refractivity contribution in [2.45, 2.75) is 0 Å². The molecule has 0 aliphatic rings. The third kappa shape index (κ3) is 6.96. The van der Waals surface area contributed by atoms with Gasteiger partial charge in [0.15, 0.2) is 17.5 Å². The van der Waals surface area contributed by atoms with Gasteiger partial charge in [-0.3, -0.25) is 0 Å². The monoisotopic (exact) mass is 779 g/mol. The van der Waals surface area contributed by atoms with Crippen molar-refractivity contribution < 1.29 is 4.42 Å². The van der Waals surface area contributed by atoms with Crippen LogP contribution in [0.15, 0.2) is 229 Å². The molecule has 11 rings (SSSR count). The topological polar surface area (TPSA) is 51.8 Å². The Morgan fingerprint density at radius 3 is 1.28 bits per heavy atom. The molecule has 0 atom stereocenters. The summed E-state index contributed by atoms with van der Waals surface area (Å²) in [6.07, 6.45) is 0. The van der Waals surface area contributed by atoms with Gasteiger partial charge < -0.3 is 4.42 Å². The molecular formula is C57H37N3O. The van der Waals surface area contributed by atoms with E-state index in [4.69, 9.17) is 19.4 Å². The van der Waals surface area contributed by atoms with Crippen LogP contribution in [0.25, 0.3) is 112 Å². The van der Waals surface area contributed by atoms with E-state index in [1.807, 2.05) is 30.3 Å². The second-order valence-corrected chi connectivity index (χ2v) is 15.2. The lowest BCUT2D eigenvalue weighted by molar-refractivity contribution is 0.670. The van der Waals surface area contributed by atoms with E-state index < -0.39 is 0 Å². The smallest absolute Gasteiger partial charge is 0.164 e. The molecule has 0 saturated carbocycles. The number of benzene rings is 9. The van der Waals surface area contributed by atoms with Crippen LogP contribution in [0.5, 0.6) is 0 Å². The van der Waals surface area contributed by atoms with Crippen LogP contribution in [-0.4, -0.2) is 15.0 Å². The number of furan rings is 1. The average Bonchev–Trinajstić information content (AvgIpc) is 3.74. The maximum atomic E-state index is 6.41.